The van der Waals surface area contributed by atoms with Crippen LogP contribution < -0.4 is 43.0 Å². The van der Waals surface area contributed by atoms with Gasteiger partial charge in [0.15, 0.2) is 0 Å². The SMILES string of the molecule is NC(=O)[C@@H]1C2C=CC(C2)[C@@H]1Nc1nc(NCc2ccccc2Sc2ccccc2CO)nc2ccccc12.NC(=O)[C@@H]1CCC[C@@H]1Nc1nc(NCc2ccccc2Sc2ccccc2CO)nc2ccccc12.O=C(C1CCCN(c2nc(NCc3ccccc3Sc3ccccc3CO)nc3ccccc23)C1)N1CCOCC1. The molecule has 5 aliphatic rings. The summed E-state index contributed by atoms with van der Waals surface area (Å²) in [6, 6.07) is 72.0. The number of carbonyl (C=O) groups is 3. The lowest BCUT2D eigenvalue weighted by atomic mass is 9.88. The van der Waals surface area contributed by atoms with Crippen LogP contribution in [0.2, 0.25) is 0 Å². The summed E-state index contributed by atoms with van der Waals surface area (Å²) in [4.78, 5) is 77.1. The van der Waals surface area contributed by atoms with Crippen LogP contribution in [0.25, 0.3) is 32.7 Å². The normalized spacial score (nSPS) is 18.8. The third kappa shape index (κ3) is 19.1. The van der Waals surface area contributed by atoms with E-state index in [1.54, 1.807) is 35.3 Å². The number of aliphatic hydroxyl groups is 3. The number of primary amides is 2. The van der Waals surface area contributed by atoms with Crippen LogP contribution in [0.5, 0.6) is 0 Å². The third-order valence-corrected chi connectivity index (χ3v) is 25.5. The van der Waals surface area contributed by atoms with Crippen LogP contribution in [0.15, 0.2) is 260 Å². The molecule has 17 rings (SSSR count). The highest BCUT2D eigenvalue weighted by molar-refractivity contribution is 8.00. The molecule has 3 aromatic heterocycles. The average Bonchev–Trinajstić information content (AvgIpc) is 1.56. The molecule has 2 saturated carbocycles. The first kappa shape index (κ1) is 79.1. The van der Waals surface area contributed by atoms with Gasteiger partial charge in [-0.2, -0.15) is 15.0 Å². The molecule has 7 atom stereocenters. The van der Waals surface area contributed by atoms with E-state index in [-0.39, 0.29) is 79.2 Å². The molecule has 25 heteroatoms. The van der Waals surface area contributed by atoms with Gasteiger partial charge in [0.1, 0.15) is 17.5 Å². The van der Waals surface area contributed by atoms with Gasteiger partial charge in [-0.05, 0) is 150 Å². The van der Waals surface area contributed by atoms with Crippen molar-refractivity contribution in [2.45, 2.75) is 119 Å². The van der Waals surface area contributed by atoms with Gasteiger partial charge in [0, 0.05) is 103 Å². The van der Waals surface area contributed by atoms with E-state index in [9.17, 15) is 29.7 Å². The molecule has 3 aliphatic carbocycles. The van der Waals surface area contributed by atoms with Crippen LogP contribution in [0.3, 0.4) is 0 Å². The molecule has 588 valence electrons. The number of hydrogen-bond donors (Lipinski definition) is 10. The highest BCUT2D eigenvalue weighted by atomic mass is 32.2. The molecule has 2 bridgehead atoms. The first-order chi connectivity index (χ1) is 56.4. The van der Waals surface area contributed by atoms with E-state index in [1.807, 2.05) is 181 Å². The molecule has 5 heterocycles. The average molecular weight is 1590 g/mol. The van der Waals surface area contributed by atoms with Crippen molar-refractivity contribution in [1.29, 1.82) is 0 Å². The highest BCUT2D eigenvalue weighted by Crippen LogP contribution is 2.46. The van der Waals surface area contributed by atoms with Crippen molar-refractivity contribution in [2.24, 2.45) is 41.1 Å². The lowest BCUT2D eigenvalue weighted by molar-refractivity contribution is -0.140. The molecule has 9 aromatic carbocycles. The zero-order chi connectivity index (χ0) is 79.0. The fraction of sp³-hybridized carbons (Fsp3) is 0.278. The van der Waals surface area contributed by atoms with Crippen LogP contribution in [0.1, 0.15) is 71.9 Å². The van der Waals surface area contributed by atoms with Crippen molar-refractivity contribution in [1.82, 2.24) is 34.8 Å². The molecular weight excluding hydrogens is 1500 g/mol. The quantitative estimate of drug-likeness (QED) is 0.0225. The van der Waals surface area contributed by atoms with E-state index < -0.39 is 0 Å². The molecule has 12 aromatic rings. The lowest BCUT2D eigenvalue weighted by Gasteiger charge is -2.37. The van der Waals surface area contributed by atoms with Gasteiger partial charge < -0.3 is 67.9 Å². The maximum Gasteiger partial charge on any atom is 0.227 e. The molecule has 115 heavy (non-hydrogen) atoms. The second kappa shape index (κ2) is 37.9. The van der Waals surface area contributed by atoms with Gasteiger partial charge in [0.05, 0.1) is 67.3 Å². The number of allylic oxidation sites excluding steroid dienone is 1. The largest absolute Gasteiger partial charge is 0.392 e. The summed E-state index contributed by atoms with van der Waals surface area (Å²) in [7, 11) is 0. The first-order valence-corrected chi connectivity index (χ1v) is 41.6. The summed E-state index contributed by atoms with van der Waals surface area (Å²) in [5.41, 5.74) is 20.0. The minimum absolute atomic E-state index is 0.000698. The number of carbonyl (C=O) groups excluding carboxylic acids is 3. The molecule has 3 unspecified atom stereocenters. The Hall–Kier alpha value is -11.2. The van der Waals surface area contributed by atoms with Crippen molar-refractivity contribution >= 4 is 121 Å². The van der Waals surface area contributed by atoms with Gasteiger partial charge in [0.2, 0.25) is 35.6 Å². The summed E-state index contributed by atoms with van der Waals surface area (Å²) in [5.74, 6) is 3.52. The fourth-order valence-electron chi connectivity index (χ4n) is 15.9. The molecule has 0 spiro atoms. The van der Waals surface area contributed by atoms with E-state index in [1.165, 1.54) is 0 Å². The van der Waals surface area contributed by atoms with Gasteiger partial charge >= 0.3 is 0 Å². The van der Waals surface area contributed by atoms with Gasteiger partial charge in [-0.15, -0.1) is 0 Å². The third-order valence-electron chi connectivity index (χ3n) is 21.8. The van der Waals surface area contributed by atoms with Crippen LogP contribution in [0.4, 0.5) is 35.3 Å². The van der Waals surface area contributed by atoms with Crippen molar-refractivity contribution in [3.05, 3.63) is 264 Å². The van der Waals surface area contributed by atoms with E-state index in [4.69, 9.17) is 46.1 Å². The monoisotopic (exact) mass is 1590 g/mol. The van der Waals surface area contributed by atoms with Crippen molar-refractivity contribution in [2.75, 3.05) is 70.9 Å². The number of hydrogen-bond acceptors (Lipinski definition) is 22. The number of aromatic nitrogens is 6. The maximum absolute atomic E-state index is 13.3. The number of fused-ring (bicyclic) bond motifs is 5. The van der Waals surface area contributed by atoms with E-state index in [2.05, 4.69) is 86.1 Å². The van der Waals surface area contributed by atoms with E-state index in [0.717, 1.165) is 146 Å². The number of piperidine rings is 1. The minimum Gasteiger partial charge on any atom is -0.392 e. The first-order valence-electron chi connectivity index (χ1n) is 39.2. The molecule has 0 radical (unpaired) electrons. The van der Waals surface area contributed by atoms with Crippen molar-refractivity contribution < 1.29 is 34.4 Å². The summed E-state index contributed by atoms with van der Waals surface area (Å²) >= 11 is 4.92. The number of nitrogens with two attached hydrogens (primary N) is 2. The Labute approximate surface area is 681 Å². The van der Waals surface area contributed by atoms with Gasteiger partial charge in [-0.1, -0.05) is 199 Å². The van der Waals surface area contributed by atoms with Crippen molar-refractivity contribution in [3.63, 3.8) is 0 Å². The number of anilines is 6. The standard InChI is InChI=1S/C32H35N5O3S.C30H29N5O2S.C28H29N5O2S/c38-22-25-9-2-6-14-29(25)41-28-13-5-1-8-23(28)20-33-32-34-27-12-4-3-11-26(27)30(35-32)37-15-7-10-24(21-37)31(39)36-16-18-40-19-17-36;31-28(37)26-18-13-14-19(15-18)27(26)34-29-22-9-3-4-10-23(22)33-30(35-29)32-16-20-7-1-5-11-24(20)38-25-12-6-2-8-21(25)17-36;29-26(35)20-11-7-13-22(20)31-27-21-10-3-4-12-23(21)32-28(33-27)30-16-18-8-1-5-14-24(18)36-25-15-6-2-9-19(25)17-34/h1-6,8-9,11-14,24,38H,7,10,15-22H2,(H,33,34,35);1-14,18-19,26-27,36H,15-17H2,(H2,31,37)(H2,32,33,34,35);1-6,8-10,12,14-15,20,22,34H,7,11,13,16-17H2,(H2,29,35)(H2,30,31,32,33)/t;18?,19?,26-,27+;20-,22+/m.11/s1. The summed E-state index contributed by atoms with van der Waals surface area (Å²) < 4.78 is 5.45. The Balaban J connectivity index is 0.000000136. The van der Waals surface area contributed by atoms with Gasteiger partial charge in [-0.25, -0.2) is 15.0 Å². The van der Waals surface area contributed by atoms with Crippen LogP contribution in [-0.2, 0) is 58.6 Å². The lowest BCUT2D eigenvalue weighted by Crippen LogP contribution is -2.48. The predicted molar refractivity (Wildman–Crippen MR) is 456 cm³/mol. The minimum atomic E-state index is -0.270. The number of morpholine rings is 1. The number of benzene rings is 9. The molecule has 12 N–H and O–H groups in total. The topological polar surface area (TPSA) is 317 Å². The highest BCUT2D eigenvalue weighted by Gasteiger charge is 2.48. The van der Waals surface area contributed by atoms with Crippen LogP contribution in [-0.4, -0.2) is 119 Å². The zero-order valence-electron chi connectivity index (χ0n) is 63.6. The number of amides is 3. The molecule has 22 nitrogen and oxygen atoms in total. The molecule has 4 fully saturated rings. The Morgan fingerprint density at radius 1 is 0.435 bits per heavy atom. The zero-order valence-corrected chi connectivity index (χ0v) is 66.1. The van der Waals surface area contributed by atoms with E-state index >= 15 is 0 Å². The molecular formula is C90H93N15O7S3. The van der Waals surface area contributed by atoms with Crippen molar-refractivity contribution in [3.8, 4) is 0 Å². The van der Waals surface area contributed by atoms with E-state index in [0.29, 0.717) is 82.0 Å². The number of ether oxygens (including phenoxy) is 1. The predicted octanol–water partition coefficient (Wildman–Crippen LogP) is 14.9. The number of rotatable bonds is 26. The summed E-state index contributed by atoms with van der Waals surface area (Å²) in [6.45, 7) is 5.72. The number of aliphatic hydroxyl groups excluding tert-OH is 3. The smallest absolute Gasteiger partial charge is 0.227 e. The molecule has 2 aliphatic heterocycles. The molecule has 3 amide bonds. The fourth-order valence-corrected chi connectivity index (χ4v) is 19.1. The number of nitrogens with zero attached hydrogens (tertiary/aromatic N) is 8. The maximum atomic E-state index is 13.3. The van der Waals surface area contributed by atoms with Crippen LogP contribution >= 0.6 is 35.3 Å². The number of para-hydroxylation sites is 3. The van der Waals surface area contributed by atoms with Crippen LogP contribution in [0, 0.1) is 29.6 Å². The summed E-state index contributed by atoms with van der Waals surface area (Å²) in [6.07, 6.45) is 9.74. The Morgan fingerprint density at radius 2 is 0.843 bits per heavy atom. The second-order valence-corrected chi connectivity index (χ2v) is 32.4. The van der Waals surface area contributed by atoms with Gasteiger partial charge in [0.25, 0.3) is 0 Å². The number of nitrogens with one attached hydrogen (secondary N) is 5. The van der Waals surface area contributed by atoms with Gasteiger partial charge in [-0.3, -0.25) is 14.4 Å². The Morgan fingerprint density at radius 3 is 1.31 bits per heavy atom. The molecule has 2 saturated heterocycles. The second-order valence-electron chi connectivity index (χ2n) is 29.2. The Bertz CT molecular complexity index is 5470. The Kier molecular flexibility index (Phi) is 26.0. The summed E-state index contributed by atoms with van der Waals surface area (Å²) in [5, 5.41) is 49.4.